The van der Waals surface area contributed by atoms with Crippen LogP contribution in [-0.4, -0.2) is 30.6 Å². The van der Waals surface area contributed by atoms with E-state index in [-0.39, 0.29) is 0 Å². The van der Waals surface area contributed by atoms with Gasteiger partial charge in [0.1, 0.15) is 0 Å². The van der Waals surface area contributed by atoms with Crippen LogP contribution in [0.15, 0.2) is 24.3 Å². The quantitative estimate of drug-likeness (QED) is 0.866. The summed E-state index contributed by atoms with van der Waals surface area (Å²) in [4.78, 5) is 2.63. The monoisotopic (exact) mass is 266 g/mol. The van der Waals surface area contributed by atoms with Crippen LogP contribution in [0.4, 0.5) is 5.69 Å². The first kappa shape index (κ1) is 13.7. The number of anilines is 1. The molecule has 1 fully saturated rings. The summed E-state index contributed by atoms with van der Waals surface area (Å²) in [5, 5.41) is 4.26. The fourth-order valence-corrected chi connectivity index (χ4v) is 2.85. The van der Waals surface area contributed by atoms with Gasteiger partial charge in [0, 0.05) is 29.8 Å². The molecule has 1 saturated heterocycles. The topological polar surface area (TPSA) is 15.3 Å². The molecule has 0 aliphatic carbocycles. The molecule has 2 rings (SSSR count). The van der Waals surface area contributed by atoms with Crippen molar-refractivity contribution in [1.82, 2.24) is 4.90 Å². The summed E-state index contributed by atoms with van der Waals surface area (Å²) < 4.78 is 0. The Balaban J connectivity index is 1.75. The highest BCUT2D eigenvalue weighted by atomic mass is 35.5. The van der Waals surface area contributed by atoms with Gasteiger partial charge in [-0.05, 0) is 50.1 Å². The molecule has 3 heteroatoms. The molecule has 1 unspecified atom stereocenters. The van der Waals surface area contributed by atoms with Gasteiger partial charge in [-0.1, -0.05) is 24.9 Å². The third-order valence-corrected chi connectivity index (χ3v) is 4.04. The van der Waals surface area contributed by atoms with Gasteiger partial charge >= 0.3 is 0 Å². The van der Waals surface area contributed by atoms with Crippen LogP contribution in [0.5, 0.6) is 0 Å². The molecule has 1 aliphatic heterocycles. The van der Waals surface area contributed by atoms with E-state index in [2.05, 4.69) is 17.1 Å². The molecule has 1 aliphatic rings. The summed E-state index contributed by atoms with van der Waals surface area (Å²) in [5.74, 6) is 0. The maximum absolute atomic E-state index is 5.87. The minimum absolute atomic E-state index is 0.794. The summed E-state index contributed by atoms with van der Waals surface area (Å²) in [7, 11) is 0. The maximum atomic E-state index is 5.87. The van der Waals surface area contributed by atoms with Crippen LogP contribution in [0.25, 0.3) is 0 Å². The number of hydrogen-bond acceptors (Lipinski definition) is 2. The van der Waals surface area contributed by atoms with Crippen molar-refractivity contribution >= 4 is 17.3 Å². The highest BCUT2D eigenvalue weighted by molar-refractivity contribution is 6.30. The highest BCUT2D eigenvalue weighted by Crippen LogP contribution is 2.19. The smallest absolute Gasteiger partial charge is 0.0407 e. The van der Waals surface area contributed by atoms with E-state index in [0.29, 0.717) is 0 Å². The van der Waals surface area contributed by atoms with Crippen molar-refractivity contribution in [2.75, 3.05) is 25.0 Å². The Morgan fingerprint density at radius 3 is 2.78 bits per heavy atom. The number of benzene rings is 1. The molecule has 1 heterocycles. The third-order valence-electron chi connectivity index (χ3n) is 3.79. The van der Waals surface area contributed by atoms with E-state index < -0.39 is 0 Å². The highest BCUT2D eigenvalue weighted by Gasteiger charge is 2.19. The lowest BCUT2D eigenvalue weighted by Crippen LogP contribution is -2.41. The summed E-state index contributed by atoms with van der Waals surface area (Å²) in [6.07, 6.45) is 5.41. The summed E-state index contributed by atoms with van der Waals surface area (Å²) >= 11 is 5.87. The van der Waals surface area contributed by atoms with E-state index in [1.807, 2.05) is 24.3 Å². The molecule has 2 nitrogen and oxygen atoms in total. The summed E-state index contributed by atoms with van der Waals surface area (Å²) in [6, 6.07) is 8.73. The standard InChI is InChI=1S/C15H23ClN2/c1-2-15-5-3-4-11-18(15)12-10-17-14-8-6-13(16)7-9-14/h6-9,15,17H,2-5,10-12H2,1H3. The SMILES string of the molecule is CCC1CCCCN1CCNc1ccc(Cl)cc1. The van der Waals surface area contributed by atoms with Gasteiger partial charge in [-0.3, -0.25) is 4.90 Å². The van der Waals surface area contributed by atoms with E-state index in [0.717, 1.165) is 29.8 Å². The van der Waals surface area contributed by atoms with Crippen molar-refractivity contribution in [3.05, 3.63) is 29.3 Å². The summed E-state index contributed by atoms with van der Waals surface area (Å²) in [5.41, 5.74) is 1.16. The Labute approximate surface area is 115 Å². The second-order valence-electron chi connectivity index (χ2n) is 5.03. The van der Waals surface area contributed by atoms with Gasteiger partial charge in [0.05, 0.1) is 0 Å². The Morgan fingerprint density at radius 2 is 2.06 bits per heavy atom. The van der Waals surface area contributed by atoms with Crippen molar-refractivity contribution in [3.8, 4) is 0 Å². The predicted octanol–water partition coefficient (Wildman–Crippen LogP) is 4.02. The van der Waals surface area contributed by atoms with E-state index in [1.165, 1.54) is 32.2 Å². The second-order valence-corrected chi connectivity index (χ2v) is 5.46. The number of piperidine rings is 1. The maximum Gasteiger partial charge on any atom is 0.0407 e. The average Bonchev–Trinajstić information content (AvgIpc) is 2.41. The van der Waals surface area contributed by atoms with Crippen LogP contribution in [0, 0.1) is 0 Å². The zero-order valence-corrected chi connectivity index (χ0v) is 11.9. The molecular weight excluding hydrogens is 244 g/mol. The average molecular weight is 267 g/mol. The number of nitrogens with one attached hydrogen (secondary N) is 1. The van der Waals surface area contributed by atoms with Crippen molar-refractivity contribution in [1.29, 1.82) is 0 Å². The fourth-order valence-electron chi connectivity index (χ4n) is 2.73. The molecule has 0 spiro atoms. The first-order valence-electron chi connectivity index (χ1n) is 7.03. The minimum Gasteiger partial charge on any atom is -0.384 e. The first-order valence-corrected chi connectivity index (χ1v) is 7.41. The molecule has 0 aromatic heterocycles. The second kappa shape index (κ2) is 7.01. The van der Waals surface area contributed by atoms with E-state index in [4.69, 9.17) is 11.6 Å². The van der Waals surface area contributed by atoms with Crippen LogP contribution in [-0.2, 0) is 0 Å². The Morgan fingerprint density at radius 1 is 1.28 bits per heavy atom. The molecule has 0 amide bonds. The molecular formula is C15H23ClN2. The largest absolute Gasteiger partial charge is 0.384 e. The predicted molar refractivity (Wildman–Crippen MR) is 79.4 cm³/mol. The van der Waals surface area contributed by atoms with Crippen LogP contribution in [0.2, 0.25) is 5.02 Å². The number of nitrogens with zero attached hydrogens (tertiary/aromatic N) is 1. The molecule has 0 bridgehead atoms. The normalized spacial score (nSPS) is 20.9. The molecule has 1 N–H and O–H groups in total. The zero-order chi connectivity index (χ0) is 12.8. The van der Waals surface area contributed by atoms with Crippen molar-refractivity contribution in [2.24, 2.45) is 0 Å². The molecule has 0 saturated carbocycles. The third kappa shape index (κ3) is 3.89. The minimum atomic E-state index is 0.794. The Kier molecular flexibility index (Phi) is 5.33. The fraction of sp³-hybridized carbons (Fsp3) is 0.600. The lowest BCUT2D eigenvalue weighted by atomic mass is 10.0. The van der Waals surface area contributed by atoms with Gasteiger partial charge in [0.15, 0.2) is 0 Å². The number of likely N-dealkylation sites (tertiary alicyclic amines) is 1. The van der Waals surface area contributed by atoms with Gasteiger partial charge < -0.3 is 5.32 Å². The number of halogens is 1. The van der Waals surface area contributed by atoms with Gasteiger partial charge in [-0.25, -0.2) is 0 Å². The molecule has 18 heavy (non-hydrogen) atoms. The lowest BCUT2D eigenvalue weighted by Gasteiger charge is -2.35. The van der Waals surface area contributed by atoms with Gasteiger partial charge in [0.25, 0.3) is 0 Å². The Hall–Kier alpha value is -0.730. The van der Waals surface area contributed by atoms with Crippen LogP contribution in [0.1, 0.15) is 32.6 Å². The molecule has 100 valence electrons. The number of hydrogen-bond donors (Lipinski definition) is 1. The van der Waals surface area contributed by atoms with Crippen molar-refractivity contribution in [3.63, 3.8) is 0 Å². The van der Waals surface area contributed by atoms with Crippen LogP contribution < -0.4 is 5.32 Å². The molecule has 1 aromatic rings. The zero-order valence-electron chi connectivity index (χ0n) is 11.2. The first-order chi connectivity index (χ1) is 8.79. The molecule has 0 radical (unpaired) electrons. The Bertz CT molecular complexity index is 350. The lowest BCUT2D eigenvalue weighted by molar-refractivity contribution is 0.150. The van der Waals surface area contributed by atoms with Gasteiger partial charge in [-0.15, -0.1) is 0 Å². The van der Waals surface area contributed by atoms with Gasteiger partial charge in [-0.2, -0.15) is 0 Å². The number of rotatable bonds is 5. The van der Waals surface area contributed by atoms with Crippen LogP contribution in [0.3, 0.4) is 0 Å². The molecule has 1 aromatic carbocycles. The van der Waals surface area contributed by atoms with E-state index >= 15 is 0 Å². The van der Waals surface area contributed by atoms with E-state index in [9.17, 15) is 0 Å². The van der Waals surface area contributed by atoms with E-state index in [1.54, 1.807) is 0 Å². The van der Waals surface area contributed by atoms with Gasteiger partial charge in [0.2, 0.25) is 0 Å². The van der Waals surface area contributed by atoms with Crippen molar-refractivity contribution in [2.45, 2.75) is 38.6 Å². The van der Waals surface area contributed by atoms with Crippen LogP contribution >= 0.6 is 11.6 Å². The molecule has 1 atom stereocenters. The van der Waals surface area contributed by atoms with Crippen molar-refractivity contribution < 1.29 is 0 Å². The summed E-state index contributed by atoms with van der Waals surface area (Å²) in [6.45, 7) is 5.72.